The Kier molecular flexibility index (Phi) is 2.06. The number of pyridine rings is 1. The summed E-state index contributed by atoms with van der Waals surface area (Å²) < 4.78 is 5.21. The number of nitrogens with one attached hydrogen (secondary N) is 1. The molecule has 2 N–H and O–H groups in total. The second kappa shape index (κ2) is 3.37. The monoisotopic (exact) mass is 192 g/mol. The number of nitrogens with zero attached hydrogens (tertiary/aromatic N) is 1. The Balaban J connectivity index is 2.35. The Bertz CT molecular complexity index is 401. The lowest BCUT2D eigenvalue weighted by atomic mass is 10.1. The van der Waals surface area contributed by atoms with Crippen molar-refractivity contribution in [1.82, 2.24) is 10.3 Å². The lowest BCUT2D eigenvalue weighted by Gasteiger charge is -2.16. The van der Waals surface area contributed by atoms with E-state index in [0.29, 0.717) is 23.7 Å². The molecule has 0 aliphatic carbocycles. The van der Waals surface area contributed by atoms with Gasteiger partial charge in [0.2, 0.25) is 5.88 Å². The molecule has 5 nitrogen and oxygen atoms in total. The zero-order valence-corrected chi connectivity index (χ0v) is 7.23. The van der Waals surface area contributed by atoms with Crippen molar-refractivity contribution < 1.29 is 14.6 Å². The van der Waals surface area contributed by atoms with Gasteiger partial charge in [-0.15, -0.1) is 0 Å². The molecule has 14 heavy (non-hydrogen) atoms. The highest BCUT2D eigenvalue weighted by atomic mass is 16.5. The lowest BCUT2D eigenvalue weighted by molar-refractivity contribution is 0.199. The molecule has 0 saturated heterocycles. The average molecular weight is 192 g/mol. The van der Waals surface area contributed by atoms with Gasteiger partial charge in [0.15, 0.2) is 0 Å². The third-order valence-electron chi connectivity index (χ3n) is 1.81. The fourth-order valence-corrected chi connectivity index (χ4v) is 1.26. The number of fused-ring (bicyclic) bond motifs is 1. The number of ether oxygens (including phenoxy) is 1. The summed E-state index contributed by atoms with van der Waals surface area (Å²) in [4.78, 5) is 14.4. The normalized spacial score (nSPS) is 13.6. The summed E-state index contributed by atoms with van der Waals surface area (Å²) >= 11 is 0. The molecular weight excluding hydrogens is 184 g/mol. The molecule has 2 rings (SSSR count). The van der Waals surface area contributed by atoms with E-state index in [1.54, 1.807) is 24.4 Å². The summed E-state index contributed by atoms with van der Waals surface area (Å²) in [7, 11) is 0. The van der Waals surface area contributed by atoms with E-state index in [4.69, 9.17) is 9.84 Å². The maximum absolute atomic E-state index is 10.5. The Labute approximate surface area is 80.0 Å². The Morgan fingerprint density at radius 2 is 2.50 bits per heavy atom. The maximum atomic E-state index is 10.5. The first kappa shape index (κ1) is 8.55. The van der Waals surface area contributed by atoms with Crippen LogP contribution in [-0.2, 0) is 0 Å². The van der Waals surface area contributed by atoms with Crippen molar-refractivity contribution >= 4 is 11.8 Å². The van der Waals surface area contributed by atoms with E-state index in [1.165, 1.54) is 0 Å². The van der Waals surface area contributed by atoms with Gasteiger partial charge < -0.3 is 9.84 Å². The summed E-state index contributed by atoms with van der Waals surface area (Å²) in [5.74, 6) is 0.457. The molecule has 2 heterocycles. The van der Waals surface area contributed by atoms with Crippen molar-refractivity contribution in [3.8, 4) is 5.88 Å². The number of hydrogen-bond acceptors (Lipinski definition) is 3. The van der Waals surface area contributed by atoms with Crippen LogP contribution in [0.5, 0.6) is 5.88 Å². The fraction of sp³-hybridized carbons (Fsp3) is 0.111. The van der Waals surface area contributed by atoms with Crippen molar-refractivity contribution in [3.05, 3.63) is 30.0 Å². The molecular formula is C9H8N2O3. The third kappa shape index (κ3) is 1.52. The van der Waals surface area contributed by atoms with Gasteiger partial charge >= 0.3 is 6.09 Å². The van der Waals surface area contributed by atoms with Gasteiger partial charge in [-0.05, 0) is 18.2 Å². The van der Waals surface area contributed by atoms with E-state index in [-0.39, 0.29) is 0 Å². The van der Waals surface area contributed by atoms with E-state index in [0.717, 1.165) is 0 Å². The quantitative estimate of drug-likeness (QED) is 0.698. The second-order valence-corrected chi connectivity index (χ2v) is 2.72. The van der Waals surface area contributed by atoms with Gasteiger partial charge in [0, 0.05) is 6.20 Å². The third-order valence-corrected chi connectivity index (χ3v) is 1.81. The van der Waals surface area contributed by atoms with Crippen molar-refractivity contribution in [3.63, 3.8) is 0 Å². The minimum Gasteiger partial charge on any atom is -0.473 e. The average Bonchev–Trinajstić information content (AvgIpc) is 2.18. The molecule has 1 aliphatic rings. The molecule has 1 amide bonds. The SMILES string of the molecule is O=C(O)NC1=CCOc2ncccc21. The van der Waals surface area contributed by atoms with E-state index in [1.807, 2.05) is 0 Å². The van der Waals surface area contributed by atoms with E-state index in [2.05, 4.69) is 10.3 Å². The highest BCUT2D eigenvalue weighted by Crippen LogP contribution is 2.24. The molecule has 0 atom stereocenters. The molecule has 0 fully saturated rings. The first-order valence-electron chi connectivity index (χ1n) is 4.05. The number of aromatic nitrogens is 1. The smallest absolute Gasteiger partial charge is 0.409 e. The Morgan fingerprint density at radius 3 is 3.29 bits per heavy atom. The van der Waals surface area contributed by atoms with Crippen LogP contribution in [-0.4, -0.2) is 22.8 Å². The summed E-state index contributed by atoms with van der Waals surface area (Å²) in [5, 5.41) is 10.9. The second-order valence-electron chi connectivity index (χ2n) is 2.72. The van der Waals surface area contributed by atoms with Gasteiger partial charge in [-0.3, -0.25) is 5.32 Å². The molecule has 0 aromatic carbocycles. The number of hydrogen-bond donors (Lipinski definition) is 2. The van der Waals surface area contributed by atoms with Gasteiger partial charge in [-0.25, -0.2) is 9.78 Å². The summed E-state index contributed by atoms with van der Waals surface area (Å²) in [6.07, 6.45) is 2.17. The van der Waals surface area contributed by atoms with E-state index < -0.39 is 6.09 Å². The summed E-state index contributed by atoms with van der Waals surface area (Å²) in [6.45, 7) is 0.333. The molecule has 1 aliphatic heterocycles. The molecule has 0 unspecified atom stereocenters. The number of carbonyl (C=O) groups is 1. The predicted molar refractivity (Wildman–Crippen MR) is 48.9 cm³/mol. The van der Waals surface area contributed by atoms with Crippen molar-refractivity contribution in [2.75, 3.05) is 6.61 Å². The molecule has 0 radical (unpaired) electrons. The standard InChI is InChI=1S/C9H8N2O3/c12-9(13)11-7-3-5-14-8-6(7)2-1-4-10-8/h1-4,11H,5H2,(H,12,13). The first-order valence-corrected chi connectivity index (χ1v) is 4.05. The highest BCUT2D eigenvalue weighted by Gasteiger charge is 2.15. The lowest BCUT2D eigenvalue weighted by Crippen LogP contribution is -2.22. The molecule has 0 bridgehead atoms. The number of carboxylic acid groups (broad SMARTS) is 1. The van der Waals surface area contributed by atoms with Crippen molar-refractivity contribution in [2.24, 2.45) is 0 Å². The van der Waals surface area contributed by atoms with E-state index >= 15 is 0 Å². The van der Waals surface area contributed by atoms with Crippen LogP contribution in [0.1, 0.15) is 5.56 Å². The fourth-order valence-electron chi connectivity index (χ4n) is 1.26. The first-order chi connectivity index (χ1) is 6.77. The minimum atomic E-state index is -1.09. The van der Waals surface area contributed by atoms with Gasteiger partial charge in [0.25, 0.3) is 0 Å². The molecule has 1 aromatic heterocycles. The molecule has 5 heteroatoms. The number of rotatable bonds is 1. The van der Waals surface area contributed by atoms with Crippen LogP contribution in [0.3, 0.4) is 0 Å². The largest absolute Gasteiger partial charge is 0.473 e. The Hall–Kier alpha value is -2.04. The van der Waals surface area contributed by atoms with Crippen LogP contribution in [0.4, 0.5) is 4.79 Å². The topological polar surface area (TPSA) is 71.5 Å². The van der Waals surface area contributed by atoms with Crippen LogP contribution in [0.15, 0.2) is 24.4 Å². The zero-order valence-electron chi connectivity index (χ0n) is 7.23. The molecule has 1 aromatic rings. The summed E-state index contributed by atoms with van der Waals surface area (Å²) in [5.41, 5.74) is 1.19. The van der Waals surface area contributed by atoms with Crippen LogP contribution < -0.4 is 10.1 Å². The van der Waals surface area contributed by atoms with Gasteiger partial charge in [0.05, 0.1) is 11.3 Å². The zero-order chi connectivity index (χ0) is 9.97. The van der Waals surface area contributed by atoms with Crippen LogP contribution in [0.2, 0.25) is 0 Å². The van der Waals surface area contributed by atoms with Crippen LogP contribution >= 0.6 is 0 Å². The maximum Gasteiger partial charge on any atom is 0.409 e. The number of amides is 1. The minimum absolute atomic E-state index is 0.333. The van der Waals surface area contributed by atoms with E-state index in [9.17, 15) is 4.79 Å². The molecule has 0 spiro atoms. The van der Waals surface area contributed by atoms with Crippen molar-refractivity contribution in [1.29, 1.82) is 0 Å². The molecule has 72 valence electrons. The highest BCUT2D eigenvalue weighted by molar-refractivity contribution is 5.82. The van der Waals surface area contributed by atoms with Crippen LogP contribution in [0.25, 0.3) is 5.70 Å². The van der Waals surface area contributed by atoms with Gasteiger partial charge in [-0.1, -0.05) is 0 Å². The van der Waals surface area contributed by atoms with Gasteiger partial charge in [-0.2, -0.15) is 0 Å². The Morgan fingerprint density at radius 1 is 1.64 bits per heavy atom. The van der Waals surface area contributed by atoms with Gasteiger partial charge in [0.1, 0.15) is 6.61 Å². The predicted octanol–water partition coefficient (Wildman–Crippen LogP) is 1.08. The summed E-state index contributed by atoms with van der Waals surface area (Å²) in [6, 6.07) is 3.48. The van der Waals surface area contributed by atoms with Crippen LogP contribution in [0, 0.1) is 0 Å². The molecule has 0 saturated carbocycles. The van der Waals surface area contributed by atoms with Crippen molar-refractivity contribution in [2.45, 2.75) is 0 Å².